The summed E-state index contributed by atoms with van der Waals surface area (Å²) in [6.45, 7) is 1.69. The van der Waals surface area contributed by atoms with E-state index in [0.717, 1.165) is 6.07 Å². The number of benzene rings is 1. The average molecular weight is 309 g/mol. The van der Waals surface area contributed by atoms with Crippen molar-refractivity contribution in [3.8, 4) is 0 Å². The molecule has 22 heavy (non-hydrogen) atoms. The van der Waals surface area contributed by atoms with Crippen molar-refractivity contribution in [3.05, 3.63) is 53.5 Å². The normalized spacial score (nSPS) is 10.2. The van der Waals surface area contributed by atoms with Gasteiger partial charge < -0.3 is 10.6 Å². The molecule has 0 unspecified atom stereocenters. The van der Waals surface area contributed by atoms with Crippen LogP contribution < -0.4 is 10.6 Å². The lowest BCUT2D eigenvalue weighted by Crippen LogP contribution is -2.30. The van der Waals surface area contributed by atoms with Crippen molar-refractivity contribution in [1.82, 2.24) is 4.98 Å². The minimum Gasteiger partial charge on any atom is -0.315 e. The molecule has 1 aromatic heterocycles. The average Bonchev–Trinajstić information content (AvgIpc) is 2.47. The van der Waals surface area contributed by atoms with E-state index in [1.54, 1.807) is 19.1 Å². The number of carbonyl (C=O) groups is 2. The molecule has 1 aromatic carbocycles. The second-order valence-corrected chi connectivity index (χ2v) is 4.30. The van der Waals surface area contributed by atoms with Crippen LogP contribution >= 0.6 is 0 Å². The number of rotatable bonds is 2. The summed E-state index contributed by atoms with van der Waals surface area (Å²) in [5.74, 6) is -6.96. The maximum atomic E-state index is 13.4. The molecule has 2 aromatic rings. The first kappa shape index (κ1) is 15.5. The summed E-state index contributed by atoms with van der Waals surface area (Å²) in [5, 5.41) is 4.05. The van der Waals surface area contributed by atoms with Crippen molar-refractivity contribution in [2.45, 2.75) is 6.92 Å². The van der Waals surface area contributed by atoms with Crippen molar-refractivity contribution in [1.29, 1.82) is 0 Å². The number of hydrogen-bond donors (Lipinski definition) is 2. The Labute approximate surface area is 123 Å². The van der Waals surface area contributed by atoms with E-state index >= 15 is 0 Å². The quantitative estimate of drug-likeness (QED) is 0.661. The summed E-state index contributed by atoms with van der Waals surface area (Å²) >= 11 is 0. The highest BCUT2D eigenvalue weighted by molar-refractivity contribution is 6.43. The van der Waals surface area contributed by atoms with Crippen LogP contribution in [0.4, 0.5) is 24.7 Å². The molecule has 8 heteroatoms. The van der Waals surface area contributed by atoms with Crippen LogP contribution in [0.25, 0.3) is 0 Å². The van der Waals surface area contributed by atoms with Gasteiger partial charge in [-0.3, -0.25) is 9.59 Å². The number of nitrogens with one attached hydrogen (secondary N) is 2. The van der Waals surface area contributed by atoms with Crippen molar-refractivity contribution in [3.63, 3.8) is 0 Å². The standard InChI is InChI=1S/C14H10F3N3O2/c1-7-3-2-4-10(18-7)20-14(22)13(21)19-9-6-5-8(15)11(16)12(9)17/h2-6H,1H3,(H,19,21)(H,18,20,22). The summed E-state index contributed by atoms with van der Waals surface area (Å²) < 4.78 is 39.2. The first-order valence-corrected chi connectivity index (χ1v) is 6.08. The lowest BCUT2D eigenvalue weighted by molar-refractivity contribution is -0.133. The van der Waals surface area contributed by atoms with E-state index < -0.39 is 35.0 Å². The summed E-state index contributed by atoms with van der Waals surface area (Å²) in [5.41, 5.74) is -0.0268. The molecule has 1 heterocycles. The maximum Gasteiger partial charge on any atom is 0.315 e. The number of anilines is 2. The minimum atomic E-state index is -1.74. The fraction of sp³-hybridized carbons (Fsp3) is 0.0714. The van der Waals surface area contributed by atoms with Gasteiger partial charge in [-0.25, -0.2) is 18.2 Å². The van der Waals surface area contributed by atoms with Gasteiger partial charge in [0.1, 0.15) is 5.82 Å². The van der Waals surface area contributed by atoms with Gasteiger partial charge >= 0.3 is 11.8 Å². The molecular weight excluding hydrogens is 299 g/mol. The number of carbonyl (C=O) groups excluding carboxylic acids is 2. The Morgan fingerprint density at radius 1 is 0.955 bits per heavy atom. The maximum absolute atomic E-state index is 13.4. The predicted octanol–water partition coefficient (Wildman–Crippen LogP) is 2.38. The van der Waals surface area contributed by atoms with Crippen LogP contribution in [0.2, 0.25) is 0 Å². The molecule has 0 fully saturated rings. The molecule has 0 bridgehead atoms. The highest BCUT2D eigenvalue weighted by atomic mass is 19.2. The topological polar surface area (TPSA) is 71.1 Å². The molecule has 0 saturated heterocycles. The summed E-state index contributed by atoms with van der Waals surface area (Å²) in [7, 11) is 0. The number of hydrogen-bond acceptors (Lipinski definition) is 3. The van der Waals surface area contributed by atoms with Gasteiger partial charge in [0.15, 0.2) is 17.5 Å². The van der Waals surface area contributed by atoms with Crippen LogP contribution in [0.5, 0.6) is 0 Å². The van der Waals surface area contributed by atoms with Gasteiger partial charge in [0.25, 0.3) is 0 Å². The van der Waals surface area contributed by atoms with Gasteiger partial charge in [-0.15, -0.1) is 0 Å². The van der Waals surface area contributed by atoms with Crippen LogP contribution in [-0.2, 0) is 9.59 Å². The van der Waals surface area contributed by atoms with Crippen molar-refractivity contribution in [2.24, 2.45) is 0 Å². The van der Waals surface area contributed by atoms with Gasteiger partial charge in [0, 0.05) is 5.69 Å². The van der Waals surface area contributed by atoms with Crippen molar-refractivity contribution >= 4 is 23.3 Å². The van der Waals surface area contributed by atoms with Crippen LogP contribution in [0.15, 0.2) is 30.3 Å². The molecule has 5 nitrogen and oxygen atoms in total. The Balaban J connectivity index is 2.09. The molecule has 0 atom stereocenters. The van der Waals surface area contributed by atoms with Gasteiger partial charge in [-0.05, 0) is 31.2 Å². The van der Waals surface area contributed by atoms with Gasteiger partial charge in [-0.2, -0.15) is 0 Å². The lowest BCUT2D eigenvalue weighted by Gasteiger charge is -2.08. The van der Waals surface area contributed by atoms with E-state index in [1.807, 2.05) is 5.32 Å². The third-order valence-corrected chi connectivity index (χ3v) is 2.62. The fourth-order valence-electron chi connectivity index (χ4n) is 1.59. The van der Waals surface area contributed by atoms with Gasteiger partial charge in [0.05, 0.1) is 5.69 Å². The third-order valence-electron chi connectivity index (χ3n) is 2.62. The number of amides is 2. The Morgan fingerprint density at radius 3 is 2.32 bits per heavy atom. The van der Waals surface area contributed by atoms with E-state index in [2.05, 4.69) is 10.3 Å². The highest BCUT2D eigenvalue weighted by Crippen LogP contribution is 2.19. The molecule has 0 saturated carbocycles. The molecule has 0 radical (unpaired) electrons. The van der Waals surface area contributed by atoms with Crippen LogP contribution in [-0.4, -0.2) is 16.8 Å². The number of pyridine rings is 1. The number of aryl methyl sites for hydroxylation is 1. The van der Waals surface area contributed by atoms with Crippen LogP contribution in [0, 0.1) is 24.4 Å². The zero-order valence-electron chi connectivity index (χ0n) is 11.3. The minimum absolute atomic E-state index is 0.130. The Morgan fingerprint density at radius 2 is 1.64 bits per heavy atom. The second kappa shape index (κ2) is 6.25. The number of nitrogens with zero attached hydrogens (tertiary/aromatic N) is 1. The highest BCUT2D eigenvalue weighted by Gasteiger charge is 2.19. The molecule has 114 valence electrons. The molecule has 0 aliphatic carbocycles. The molecule has 0 aliphatic rings. The van der Waals surface area contributed by atoms with Crippen molar-refractivity contribution < 1.29 is 22.8 Å². The van der Waals surface area contributed by atoms with E-state index in [1.165, 1.54) is 6.07 Å². The summed E-state index contributed by atoms with van der Waals surface area (Å²) in [6.07, 6.45) is 0. The Kier molecular flexibility index (Phi) is 4.40. The summed E-state index contributed by atoms with van der Waals surface area (Å²) in [4.78, 5) is 27.2. The smallest absolute Gasteiger partial charge is 0.315 e. The Bertz CT molecular complexity index is 750. The zero-order chi connectivity index (χ0) is 16.3. The van der Waals surface area contributed by atoms with Crippen LogP contribution in [0.3, 0.4) is 0 Å². The molecule has 0 spiro atoms. The number of halogens is 3. The van der Waals surface area contributed by atoms with E-state index in [9.17, 15) is 22.8 Å². The number of aromatic nitrogens is 1. The second-order valence-electron chi connectivity index (χ2n) is 4.30. The first-order chi connectivity index (χ1) is 10.4. The predicted molar refractivity (Wildman–Crippen MR) is 72.5 cm³/mol. The van der Waals surface area contributed by atoms with Crippen molar-refractivity contribution in [2.75, 3.05) is 10.6 Å². The monoisotopic (exact) mass is 309 g/mol. The fourth-order valence-corrected chi connectivity index (χ4v) is 1.59. The largest absolute Gasteiger partial charge is 0.315 e. The molecular formula is C14H10F3N3O2. The van der Waals surface area contributed by atoms with Crippen LogP contribution in [0.1, 0.15) is 5.69 Å². The SMILES string of the molecule is Cc1cccc(NC(=O)C(=O)Nc2ccc(F)c(F)c2F)n1. The molecule has 0 aliphatic heterocycles. The molecule has 2 rings (SSSR count). The zero-order valence-corrected chi connectivity index (χ0v) is 11.3. The first-order valence-electron chi connectivity index (χ1n) is 6.08. The van der Waals surface area contributed by atoms with E-state index in [-0.39, 0.29) is 5.82 Å². The molecule has 2 N–H and O–H groups in total. The summed E-state index contributed by atoms with van der Waals surface area (Å²) in [6, 6.07) is 6.20. The lowest BCUT2D eigenvalue weighted by atomic mass is 10.2. The van der Waals surface area contributed by atoms with E-state index in [4.69, 9.17) is 0 Å². The third kappa shape index (κ3) is 3.40. The molecule has 2 amide bonds. The van der Waals surface area contributed by atoms with Gasteiger partial charge in [-0.1, -0.05) is 6.07 Å². The van der Waals surface area contributed by atoms with Gasteiger partial charge in [0.2, 0.25) is 0 Å². The Hall–Kier alpha value is -2.90. The van der Waals surface area contributed by atoms with E-state index in [0.29, 0.717) is 11.8 Å².